The van der Waals surface area contributed by atoms with Crippen LogP contribution in [0, 0.1) is 0 Å². The summed E-state index contributed by atoms with van der Waals surface area (Å²) in [6.45, 7) is 4.07. The SMILES string of the molecule is CCOc1ccc(OCC(=O)N2CCc3[nH]c4ccccc4c3CC2)cc1. The van der Waals surface area contributed by atoms with Crippen molar-refractivity contribution in [2.45, 2.75) is 19.8 Å². The molecule has 1 aromatic heterocycles. The smallest absolute Gasteiger partial charge is 0.260 e. The Morgan fingerprint density at radius 1 is 1.00 bits per heavy atom. The number of rotatable bonds is 5. The van der Waals surface area contributed by atoms with Gasteiger partial charge in [0.25, 0.3) is 5.91 Å². The minimum Gasteiger partial charge on any atom is -0.494 e. The lowest BCUT2D eigenvalue weighted by Gasteiger charge is -2.20. The van der Waals surface area contributed by atoms with Crippen molar-refractivity contribution in [3.05, 3.63) is 59.8 Å². The first-order valence-electron chi connectivity index (χ1n) is 9.46. The number of hydrogen-bond donors (Lipinski definition) is 1. The second-order valence-electron chi connectivity index (χ2n) is 6.70. The average molecular weight is 364 g/mol. The summed E-state index contributed by atoms with van der Waals surface area (Å²) in [5.74, 6) is 1.51. The molecule has 0 spiro atoms. The summed E-state index contributed by atoms with van der Waals surface area (Å²) in [5, 5.41) is 1.27. The molecule has 2 aromatic carbocycles. The molecule has 3 aromatic rings. The Morgan fingerprint density at radius 3 is 2.48 bits per heavy atom. The van der Waals surface area contributed by atoms with Gasteiger partial charge in [0.15, 0.2) is 6.61 Å². The zero-order valence-electron chi connectivity index (χ0n) is 15.5. The molecule has 140 valence electrons. The Balaban J connectivity index is 1.36. The zero-order valence-corrected chi connectivity index (χ0v) is 15.5. The van der Waals surface area contributed by atoms with Gasteiger partial charge in [0.1, 0.15) is 11.5 Å². The number of para-hydroxylation sites is 1. The number of amides is 1. The summed E-state index contributed by atoms with van der Waals surface area (Å²) in [7, 11) is 0. The third-order valence-electron chi connectivity index (χ3n) is 5.02. The quantitative estimate of drug-likeness (QED) is 0.753. The van der Waals surface area contributed by atoms with Gasteiger partial charge in [-0.05, 0) is 49.2 Å². The standard InChI is InChI=1S/C22H24N2O3/c1-2-26-16-7-9-17(10-8-16)27-15-22(25)24-13-11-19-18-5-3-4-6-20(18)23-21(19)12-14-24/h3-10,23H,2,11-15H2,1H3. The zero-order chi connectivity index (χ0) is 18.6. The third-order valence-corrected chi connectivity index (χ3v) is 5.02. The molecule has 27 heavy (non-hydrogen) atoms. The summed E-state index contributed by atoms with van der Waals surface area (Å²) in [6.07, 6.45) is 1.72. The van der Waals surface area contributed by atoms with Crippen molar-refractivity contribution in [2.24, 2.45) is 0 Å². The highest BCUT2D eigenvalue weighted by molar-refractivity contribution is 5.85. The molecule has 0 saturated carbocycles. The van der Waals surface area contributed by atoms with E-state index < -0.39 is 0 Å². The van der Waals surface area contributed by atoms with Crippen LogP contribution in [0.2, 0.25) is 0 Å². The highest BCUT2D eigenvalue weighted by atomic mass is 16.5. The molecule has 0 radical (unpaired) electrons. The van der Waals surface area contributed by atoms with Crippen molar-refractivity contribution < 1.29 is 14.3 Å². The number of ether oxygens (including phenoxy) is 2. The Bertz CT molecular complexity index is 930. The molecule has 4 rings (SSSR count). The van der Waals surface area contributed by atoms with Crippen molar-refractivity contribution in [1.29, 1.82) is 0 Å². The van der Waals surface area contributed by atoms with Crippen molar-refractivity contribution in [2.75, 3.05) is 26.3 Å². The van der Waals surface area contributed by atoms with Crippen LogP contribution >= 0.6 is 0 Å². The topological polar surface area (TPSA) is 54.6 Å². The van der Waals surface area contributed by atoms with Gasteiger partial charge in [-0.3, -0.25) is 4.79 Å². The van der Waals surface area contributed by atoms with Gasteiger partial charge < -0.3 is 19.4 Å². The Hall–Kier alpha value is -2.95. The van der Waals surface area contributed by atoms with E-state index in [0.717, 1.165) is 25.1 Å². The van der Waals surface area contributed by atoms with Crippen LogP contribution in [0.25, 0.3) is 10.9 Å². The lowest BCUT2D eigenvalue weighted by molar-refractivity contribution is -0.133. The van der Waals surface area contributed by atoms with Gasteiger partial charge in [0.2, 0.25) is 0 Å². The van der Waals surface area contributed by atoms with Crippen LogP contribution in [0.5, 0.6) is 11.5 Å². The van der Waals surface area contributed by atoms with E-state index in [9.17, 15) is 4.79 Å². The molecule has 0 bridgehead atoms. The van der Waals surface area contributed by atoms with E-state index in [0.29, 0.717) is 18.9 Å². The van der Waals surface area contributed by atoms with Crippen LogP contribution in [0.3, 0.4) is 0 Å². The van der Waals surface area contributed by atoms with E-state index in [1.165, 1.54) is 22.2 Å². The van der Waals surface area contributed by atoms with Crippen LogP contribution < -0.4 is 9.47 Å². The van der Waals surface area contributed by atoms with E-state index in [1.807, 2.05) is 42.2 Å². The molecule has 0 aliphatic carbocycles. The number of nitrogens with zero attached hydrogens (tertiary/aromatic N) is 1. The van der Waals surface area contributed by atoms with Crippen LogP contribution in [0.15, 0.2) is 48.5 Å². The van der Waals surface area contributed by atoms with E-state index in [4.69, 9.17) is 9.47 Å². The minimum atomic E-state index is 0.0262. The predicted molar refractivity (Wildman–Crippen MR) is 105 cm³/mol. The van der Waals surface area contributed by atoms with E-state index >= 15 is 0 Å². The highest BCUT2D eigenvalue weighted by Crippen LogP contribution is 2.25. The van der Waals surface area contributed by atoms with Crippen LogP contribution in [0.4, 0.5) is 0 Å². The number of fused-ring (bicyclic) bond motifs is 3. The van der Waals surface area contributed by atoms with E-state index in [2.05, 4.69) is 23.2 Å². The van der Waals surface area contributed by atoms with Gasteiger partial charge in [0, 0.05) is 36.1 Å². The summed E-state index contributed by atoms with van der Waals surface area (Å²) in [4.78, 5) is 18.0. The van der Waals surface area contributed by atoms with E-state index in [1.54, 1.807) is 0 Å². The third kappa shape index (κ3) is 3.77. The number of aromatic amines is 1. The van der Waals surface area contributed by atoms with Gasteiger partial charge in [-0.25, -0.2) is 0 Å². The molecule has 1 aliphatic rings. The van der Waals surface area contributed by atoms with Gasteiger partial charge in [-0.2, -0.15) is 0 Å². The first-order valence-corrected chi connectivity index (χ1v) is 9.46. The number of benzene rings is 2. The Labute approximate surface area is 158 Å². The van der Waals surface area contributed by atoms with Crippen molar-refractivity contribution in [3.63, 3.8) is 0 Å². The summed E-state index contributed by atoms with van der Waals surface area (Å²) in [6, 6.07) is 15.7. The Morgan fingerprint density at radius 2 is 1.70 bits per heavy atom. The Kier molecular flexibility index (Phi) is 5.01. The molecule has 5 heteroatoms. The van der Waals surface area contributed by atoms with Crippen molar-refractivity contribution >= 4 is 16.8 Å². The average Bonchev–Trinajstić information content (AvgIpc) is 2.91. The molecule has 0 atom stereocenters. The monoisotopic (exact) mass is 364 g/mol. The summed E-state index contributed by atoms with van der Waals surface area (Å²) >= 11 is 0. The maximum Gasteiger partial charge on any atom is 0.260 e. The minimum absolute atomic E-state index is 0.0262. The normalized spacial score (nSPS) is 13.9. The molecule has 1 amide bonds. The van der Waals surface area contributed by atoms with E-state index in [-0.39, 0.29) is 12.5 Å². The highest BCUT2D eigenvalue weighted by Gasteiger charge is 2.21. The van der Waals surface area contributed by atoms with Crippen LogP contribution in [0.1, 0.15) is 18.2 Å². The number of carbonyl (C=O) groups is 1. The predicted octanol–water partition coefficient (Wildman–Crippen LogP) is 3.57. The fourth-order valence-corrected chi connectivity index (χ4v) is 3.64. The van der Waals surface area contributed by atoms with Gasteiger partial charge >= 0.3 is 0 Å². The largest absolute Gasteiger partial charge is 0.494 e. The number of hydrogen-bond acceptors (Lipinski definition) is 3. The lowest BCUT2D eigenvalue weighted by Crippen LogP contribution is -2.36. The van der Waals surface area contributed by atoms with Crippen LogP contribution in [-0.2, 0) is 17.6 Å². The van der Waals surface area contributed by atoms with Gasteiger partial charge in [-0.1, -0.05) is 18.2 Å². The fourth-order valence-electron chi connectivity index (χ4n) is 3.64. The second kappa shape index (κ2) is 7.74. The van der Waals surface area contributed by atoms with Gasteiger partial charge in [-0.15, -0.1) is 0 Å². The number of aromatic nitrogens is 1. The molecule has 0 saturated heterocycles. The molecule has 1 aliphatic heterocycles. The second-order valence-corrected chi connectivity index (χ2v) is 6.70. The molecule has 0 unspecified atom stereocenters. The molecular weight excluding hydrogens is 340 g/mol. The van der Waals surface area contributed by atoms with Crippen molar-refractivity contribution in [1.82, 2.24) is 9.88 Å². The van der Waals surface area contributed by atoms with Crippen molar-refractivity contribution in [3.8, 4) is 11.5 Å². The van der Waals surface area contributed by atoms with Gasteiger partial charge in [0.05, 0.1) is 6.61 Å². The lowest BCUT2D eigenvalue weighted by atomic mass is 10.1. The molecule has 0 fully saturated rings. The molecule has 1 N–H and O–H groups in total. The van der Waals surface area contributed by atoms with Crippen LogP contribution in [-0.4, -0.2) is 42.1 Å². The number of H-pyrrole nitrogens is 1. The summed E-state index contributed by atoms with van der Waals surface area (Å²) in [5.41, 5.74) is 3.77. The molecule has 5 nitrogen and oxygen atoms in total. The number of nitrogens with one attached hydrogen (secondary N) is 1. The first kappa shape index (κ1) is 17.5. The maximum atomic E-state index is 12.6. The maximum absolute atomic E-state index is 12.6. The molecule has 2 heterocycles. The summed E-state index contributed by atoms with van der Waals surface area (Å²) < 4.78 is 11.1. The molecular formula is C22H24N2O3. The first-order chi connectivity index (χ1) is 13.2. The fraction of sp³-hybridized carbons (Fsp3) is 0.318. The number of carbonyl (C=O) groups excluding carboxylic acids is 1.